The monoisotopic (exact) mass is 400 g/mol. The summed E-state index contributed by atoms with van der Waals surface area (Å²) in [4.78, 5) is 15.3. The number of nitrogens with zero attached hydrogens (tertiary/aromatic N) is 1. The topological polar surface area (TPSA) is 41.6 Å². The number of hydrogen-bond acceptors (Lipinski definition) is 3. The van der Waals surface area contributed by atoms with Crippen molar-refractivity contribution < 1.29 is 9.53 Å². The molecule has 0 radical (unpaired) electrons. The van der Waals surface area contributed by atoms with E-state index in [9.17, 15) is 4.79 Å². The van der Waals surface area contributed by atoms with Crippen LogP contribution in [0, 0.1) is 0 Å². The molecule has 3 aromatic carbocycles. The fraction of sp³-hybridized carbons (Fsp3) is 0.269. The smallest absolute Gasteiger partial charge is 0.258 e. The minimum absolute atomic E-state index is 0.0347. The summed E-state index contributed by atoms with van der Waals surface area (Å²) in [6, 6.07) is 25.9. The summed E-state index contributed by atoms with van der Waals surface area (Å²) in [5.41, 5.74) is 3.69. The third-order valence-corrected chi connectivity index (χ3v) is 5.41. The van der Waals surface area contributed by atoms with E-state index in [0.717, 1.165) is 29.0 Å². The van der Waals surface area contributed by atoms with Gasteiger partial charge in [-0.1, -0.05) is 74.4 Å². The number of para-hydroxylation sites is 1. The van der Waals surface area contributed by atoms with Gasteiger partial charge in [-0.25, -0.2) is 0 Å². The Morgan fingerprint density at radius 2 is 1.73 bits per heavy atom. The molecule has 4 nitrogen and oxygen atoms in total. The minimum atomic E-state index is -0.258. The largest absolute Gasteiger partial charge is 0.494 e. The van der Waals surface area contributed by atoms with E-state index in [1.807, 2.05) is 65.6 Å². The van der Waals surface area contributed by atoms with Crippen LogP contribution in [0.1, 0.15) is 53.8 Å². The first-order chi connectivity index (χ1) is 14.8. The minimum Gasteiger partial charge on any atom is -0.494 e. The fourth-order valence-electron chi connectivity index (χ4n) is 3.82. The summed E-state index contributed by atoms with van der Waals surface area (Å²) in [5, 5.41) is 3.57. The maximum absolute atomic E-state index is 13.4. The highest BCUT2D eigenvalue weighted by Crippen LogP contribution is 2.35. The van der Waals surface area contributed by atoms with Gasteiger partial charge in [0.15, 0.2) is 0 Å². The number of carbonyl (C=O) groups excluding carboxylic acids is 1. The van der Waals surface area contributed by atoms with Crippen LogP contribution < -0.4 is 10.1 Å². The van der Waals surface area contributed by atoms with Crippen LogP contribution in [0.2, 0.25) is 0 Å². The van der Waals surface area contributed by atoms with Gasteiger partial charge in [0.1, 0.15) is 11.9 Å². The van der Waals surface area contributed by atoms with Crippen LogP contribution in [0.5, 0.6) is 5.75 Å². The zero-order chi connectivity index (χ0) is 20.8. The van der Waals surface area contributed by atoms with Crippen molar-refractivity contribution in [3.63, 3.8) is 0 Å². The molecular weight excluding hydrogens is 372 g/mol. The van der Waals surface area contributed by atoms with Crippen LogP contribution in [0.25, 0.3) is 0 Å². The Labute approximate surface area is 178 Å². The molecule has 1 N–H and O–H groups in total. The van der Waals surface area contributed by atoms with E-state index in [1.54, 1.807) is 0 Å². The van der Waals surface area contributed by atoms with Crippen LogP contribution >= 0.6 is 0 Å². The number of nitrogens with one attached hydrogen (secondary N) is 1. The van der Waals surface area contributed by atoms with E-state index in [0.29, 0.717) is 18.7 Å². The van der Waals surface area contributed by atoms with Gasteiger partial charge in [-0.3, -0.25) is 4.79 Å². The maximum atomic E-state index is 13.4. The number of anilines is 1. The molecule has 4 rings (SSSR count). The standard InChI is InChI=1S/C26H28N2O2/c1-2-3-9-17-30-22-14-10-13-21(18-22)25-27-24-16-8-7-15-23(24)26(29)28(25)19-20-11-5-4-6-12-20/h4-8,10-16,18,25,27H,2-3,9,17,19H2,1H3. The number of carbonyl (C=O) groups is 1. The molecule has 1 unspecified atom stereocenters. The average molecular weight is 401 g/mol. The van der Waals surface area contributed by atoms with E-state index in [4.69, 9.17) is 4.74 Å². The third-order valence-electron chi connectivity index (χ3n) is 5.41. The Morgan fingerprint density at radius 3 is 2.57 bits per heavy atom. The van der Waals surface area contributed by atoms with Crippen molar-refractivity contribution in [2.24, 2.45) is 0 Å². The normalized spacial score (nSPS) is 15.4. The predicted molar refractivity (Wildman–Crippen MR) is 121 cm³/mol. The van der Waals surface area contributed by atoms with Crippen molar-refractivity contribution in [3.8, 4) is 5.75 Å². The Kier molecular flexibility index (Phi) is 6.33. The molecule has 1 amide bonds. The molecule has 30 heavy (non-hydrogen) atoms. The van der Waals surface area contributed by atoms with E-state index in [2.05, 4.69) is 30.4 Å². The fourth-order valence-corrected chi connectivity index (χ4v) is 3.82. The lowest BCUT2D eigenvalue weighted by molar-refractivity contribution is 0.0666. The molecule has 1 atom stereocenters. The molecule has 154 valence electrons. The highest BCUT2D eigenvalue weighted by Gasteiger charge is 2.32. The molecule has 1 aliphatic rings. The van der Waals surface area contributed by atoms with Gasteiger partial charge in [0, 0.05) is 12.2 Å². The highest BCUT2D eigenvalue weighted by molar-refractivity contribution is 6.01. The number of rotatable bonds is 8. The zero-order valence-corrected chi connectivity index (χ0v) is 17.4. The van der Waals surface area contributed by atoms with Crippen LogP contribution in [-0.2, 0) is 6.54 Å². The van der Waals surface area contributed by atoms with Crippen molar-refractivity contribution >= 4 is 11.6 Å². The molecule has 1 aliphatic heterocycles. The van der Waals surface area contributed by atoms with E-state index in [1.165, 1.54) is 12.8 Å². The van der Waals surface area contributed by atoms with Crippen molar-refractivity contribution in [2.45, 2.75) is 38.9 Å². The number of hydrogen-bond donors (Lipinski definition) is 1. The lowest BCUT2D eigenvalue weighted by Crippen LogP contribution is -2.42. The summed E-state index contributed by atoms with van der Waals surface area (Å²) in [6.07, 6.45) is 3.13. The summed E-state index contributed by atoms with van der Waals surface area (Å²) in [5.74, 6) is 0.879. The third kappa shape index (κ3) is 4.48. The van der Waals surface area contributed by atoms with E-state index >= 15 is 0 Å². The molecule has 0 spiro atoms. The molecule has 0 saturated carbocycles. The number of benzene rings is 3. The van der Waals surface area contributed by atoms with E-state index in [-0.39, 0.29) is 12.1 Å². The predicted octanol–water partition coefficient (Wildman–Crippen LogP) is 6.02. The molecule has 0 aliphatic carbocycles. The van der Waals surface area contributed by atoms with Gasteiger partial charge < -0.3 is 15.0 Å². The second-order valence-corrected chi connectivity index (χ2v) is 7.64. The Balaban J connectivity index is 1.63. The van der Waals surface area contributed by atoms with Crippen LogP contribution in [-0.4, -0.2) is 17.4 Å². The van der Waals surface area contributed by atoms with Crippen molar-refractivity contribution in [3.05, 3.63) is 95.6 Å². The molecule has 0 aromatic heterocycles. The van der Waals surface area contributed by atoms with Gasteiger partial charge in [-0.2, -0.15) is 0 Å². The Hall–Kier alpha value is -3.27. The summed E-state index contributed by atoms with van der Waals surface area (Å²) < 4.78 is 5.96. The lowest BCUT2D eigenvalue weighted by Gasteiger charge is -2.38. The van der Waals surface area contributed by atoms with Gasteiger partial charge in [-0.05, 0) is 41.8 Å². The Bertz CT molecular complexity index is 987. The molecule has 3 aromatic rings. The number of fused-ring (bicyclic) bond motifs is 1. The Morgan fingerprint density at radius 1 is 0.933 bits per heavy atom. The number of unbranched alkanes of at least 4 members (excludes halogenated alkanes) is 2. The van der Waals surface area contributed by atoms with Crippen molar-refractivity contribution in [2.75, 3.05) is 11.9 Å². The highest BCUT2D eigenvalue weighted by atomic mass is 16.5. The maximum Gasteiger partial charge on any atom is 0.258 e. The average Bonchev–Trinajstić information content (AvgIpc) is 2.79. The first-order valence-corrected chi connectivity index (χ1v) is 10.7. The summed E-state index contributed by atoms with van der Waals surface area (Å²) >= 11 is 0. The quantitative estimate of drug-likeness (QED) is 0.470. The van der Waals surface area contributed by atoms with Crippen LogP contribution in [0.4, 0.5) is 5.69 Å². The first kappa shape index (κ1) is 20.0. The number of amides is 1. The molecule has 0 bridgehead atoms. The SMILES string of the molecule is CCCCCOc1cccc(C2Nc3ccccc3C(=O)N2Cc2ccccc2)c1. The van der Waals surface area contributed by atoms with E-state index < -0.39 is 0 Å². The second kappa shape index (κ2) is 9.49. The van der Waals surface area contributed by atoms with Gasteiger partial charge in [0.05, 0.1) is 12.2 Å². The lowest BCUT2D eigenvalue weighted by atomic mass is 10.0. The zero-order valence-electron chi connectivity index (χ0n) is 17.4. The first-order valence-electron chi connectivity index (χ1n) is 10.7. The molecular formula is C26H28N2O2. The summed E-state index contributed by atoms with van der Waals surface area (Å²) in [7, 11) is 0. The molecule has 1 heterocycles. The molecule has 0 fully saturated rings. The molecule has 4 heteroatoms. The van der Waals surface area contributed by atoms with Crippen molar-refractivity contribution in [1.82, 2.24) is 4.90 Å². The van der Waals surface area contributed by atoms with Crippen LogP contribution in [0.3, 0.4) is 0 Å². The summed E-state index contributed by atoms with van der Waals surface area (Å²) in [6.45, 7) is 3.43. The van der Waals surface area contributed by atoms with Crippen LogP contribution in [0.15, 0.2) is 78.9 Å². The molecule has 0 saturated heterocycles. The van der Waals surface area contributed by atoms with Gasteiger partial charge in [0.2, 0.25) is 0 Å². The number of ether oxygens (including phenoxy) is 1. The van der Waals surface area contributed by atoms with Gasteiger partial charge in [-0.15, -0.1) is 0 Å². The second-order valence-electron chi connectivity index (χ2n) is 7.64. The van der Waals surface area contributed by atoms with Gasteiger partial charge in [0.25, 0.3) is 5.91 Å². The van der Waals surface area contributed by atoms with Gasteiger partial charge >= 0.3 is 0 Å². The van der Waals surface area contributed by atoms with Crippen molar-refractivity contribution in [1.29, 1.82) is 0 Å².